The highest BCUT2D eigenvalue weighted by Gasteiger charge is 2.37. The smallest absolute Gasteiger partial charge is 0.340 e. The van der Waals surface area contributed by atoms with E-state index in [4.69, 9.17) is 5.14 Å². The van der Waals surface area contributed by atoms with Gasteiger partial charge in [-0.2, -0.15) is 0 Å². The Kier molecular flexibility index (Phi) is 3.97. The van der Waals surface area contributed by atoms with Crippen LogP contribution in [0, 0.1) is 5.82 Å². The molecule has 1 aliphatic heterocycles. The number of carbonyl (C=O) groups is 2. The van der Waals surface area contributed by atoms with Gasteiger partial charge in [0.05, 0.1) is 12.7 Å². The largest absolute Gasteiger partial charge is 0.465 e. The van der Waals surface area contributed by atoms with Crippen molar-refractivity contribution >= 4 is 27.6 Å². The molecule has 1 aliphatic rings. The molecular weight excluding hydrogens is 303 g/mol. The van der Waals surface area contributed by atoms with Crippen molar-refractivity contribution in [1.29, 1.82) is 0 Å². The van der Waals surface area contributed by atoms with Gasteiger partial charge in [-0.05, 0) is 18.2 Å². The first-order valence-corrected chi connectivity index (χ1v) is 7.55. The fourth-order valence-corrected chi connectivity index (χ4v) is 2.82. The molecule has 21 heavy (non-hydrogen) atoms. The van der Waals surface area contributed by atoms with Gasteiger partial charge in [-0.25, -0.2) is 22.7 Å². The standard InChI is InChI=1S/C12H13FN2O5S/c1-20-12(17)9-4-7(2-3-10(9)13)15-6-8(5-11(15)16)21(14,18)19/h2-4,8H,5-6H2,1H3,(H2,14,18,19). The van der Waals surface area contributed by atoms with Crippen molar-refractivity contribution in [2.45, 2.75) is 11.7 Å². The summed E-state index contributed by atoms with van der Waals surface area (Å²) >= 11 is 0. The molecule has 0 radical (unpaired) electrons. The molecule has 9 heteroatoms. The third-order valence-electron chi connectivity index (χ3n) is 3.22. The van der Waals surface area contributed by atoms with E-state index in [1.165, 1.54) is 6.07 Å². The number of primary sulfonamides is 1. The second-order valence-corrected chi connectivity index (χ2v) is 6.42. The lowest BCUT2D eigenvalue weighted by atomic mass is 10.2. The Morgan fingerprint density at radius 2 is 2.14 bits per heavy atom. The van der Waals surface area contributed by atoms with E-state index >= 15 is 0 Å². The average molecular weight is 316 g/mol. The molecule has 2 rings (SSSR count). The summed E-state index contributed by atoms with van der Waals surface area (Å²) in [6, 6.07) is 3.44. The van der Waals surface area contributed by atoms with Gasteiger partial charge in [0.25, 0.3) is 0 Å². The number of benzene rings is 1. The number of hydrogen-bond acceptors (Lipinski definition) is 5. The van der Waals surface area contributed by atoms with E-state index in [9.17, 15) is 22.4 Å². The minimum absolute atomic E-state index is 0.135. The maximum Gasteiger partial charge on any atom is 0.340 e. The number of ether oxygens (including phenoxy) is 1. The number of sulfonamides is 1. The number of hydrogen-bond donors (Lipinski definition) is 1. The van der Waals surface area contributed by atoms with E-state index in [2.05, 4.69) is 4.74 Å². The molecule has 2 N–H and O–H groups in total. The minimum atomic E-state index is -3.84. The predicted octanol–water partition coefficient (Wildman–Crippen LogP) is 0.00610. The molecule has 7 nitrogen and oxygen atoms in total. The summed E-state index contributed by atoms with van der Waals surface area (Å²) in [7, 11) is -2.74. The van der Waals surface area contributed by atoms with Crippen LogP contribution in [0.1, 0.15) is 16.8 Å². The van der Waals surface area contributed by atoms with Gasteiger partial charge in [0.1, 0.15) is 11.1 Å². The molecule has 0 aromatic heterocycles. The van der Waals surface area contributed by atoms with E-state index in [-0.39, 0.29) is 24.2 Å². The molecule has 1 fully saturated rings. The molecule has 0 aliphatic carbocycles. The van der Waals surface area contributed by atoms with Gasteiger partial charge in [0.15, 0.2) is 0 Å². The summed E-state index contributed by atoms with van der Waals surface area (Å²) in [6.07, 6.45) is -0.246. The average Bonchev–Trinajstić information content (AvgIpc) is 2.80. The van der Waals surface area contributed by atoms with Crippen LogP contribution < -0.4 is 10.0 Å². The zero-order chi connectivity index (χ0) is 15.8. The number of methoxy groups -OCH3 is 1. The molecule has 1 atom stereocenters. The lowest BCUT2D eigenvalue weighted by molar-refractivity contribution is -0.117. The number of amides is 1. The van der Waals surface area contributed by atoms with Crippen molar-refractivity contribution in [2.75, 3.05) is 18.6 Å². The highest BCUT2D eigenvalue weighted by molar-refractivity contribution is 7.89. The summed E-state index contributed by atoms with van der Waals surface area (Å²) in [5.41, 5.74) is -0.116. The number of rotatable bonds is 3. The van der Waals surface area contributed by atoms with Crippen LogP contribution in [0.4, 0.5) is 10.1 Å². The highest BCUT2D eigenvalue weighted by atomic mass is 32.2. The van der Waals surface area contributed by atoms with Crippen LogP contribution in [0.15, 0.2) is 18.2 Å². The van der Waals surface area contributed by atoms with Crippen molar-refractivity contribution in [3.8, 4) is 0 Å². The quantitative estimate of drug-likeness (QED) is 0.790. The van der Waals surface area contributed by atoms with E-state index < -0.39 is 33.0 Å². The molecule has 0 saturated carbocycles. The maximum atomic E-state index is 13.5. The Balaban J connectivity index is 2.35. The van der Waals surface area contributed by atoms with Crippen molar-refractivity contribution in [3.63, 3.8) is 0 Å². The minimum Gasteiger partial charge on any atom is -0.465 e. The van der Waals surface area contributed by atoms with Gasteiger partial charge in [-0.15, -0.1) is 0 Å². The molecule has 0 bridgehead atoms. The predicted molar refractivity (Wildman–Crippen MR) is 71.6 cm³/mol. The van der Waals surface area contributed by atoms with Crippen molar-refractivity contribution < 1.29 is 27.1 Å². The van der Waals surface area contributed by atoms with E-state index in [0.29, 0.717) is 0 Å². The fourth-order valence-electron chi connectivity index (χ4n) is 2.09. The van der Waals surface area contributed by atoms with Gasteiger partial charge in [-0.1, -0.05) is 0 Å². The van der Waals surface area contributed by atoms with Gasteiger partial charge < -0.3 is 9.64 Å². The molecule has 1 aromatic carbocycles. The second kappa shape index (κ2) is 5.41. The SMILES string of the molecule is COC(=O)c1cc(N2CC(S(N)(=O)=O)CC2=O)ccc1F. The molecular formula is C12H13FN2O5S. The lowest BCUT2D eigenvalue weighted by Crippen LogP contribution is -2.32. The third kappa shape index (κ3) is 3.03. The molecule has 1 heterocycles. The van der Waals surface area contributed by atoms with Gasteiger partial charge in [-0.3, -0.25) is 4.79 Å². The van der Waals surface area contributed by atoms with E-state index in [0.717, 1.165) is 24.1 Å². The van der Waals surface area contributed by atoms with Crippen LogP contribution in [0.5, 0.6) is 0 Å². The molecule has 114 valence electrons. The number of halogens is 1. The first kappa shape index (κ1) is 15.4. The first-order valence-electron chi connectivity index (χ1n) is 5.94. The van der Waals surface area contributed by atoms with Crippen LogP contribution in [0.2, 0.25) is 0 Å². The third-order valence-corrected chi connectivity index (χ3v) is 4.47. The summed E-state index contributed by atoms with van der Waals surface area (Å²) in [4.78, 5) is 24.4. The van der Waals surface area contributed by atoms with E-state index in [1.807, 2.05) is 0 Å². The molecule has 1 amide bonds. The zero-order valence-corrected chi connectivity index (χ0v) is 11.9. The number of carbonyl (C=O) groups excluding carboxylic acids is 2. The number of anilines is 1. The Morgan fingerprint density at radius 1 is 1.48 bits per heavy atom. The Labute approximate surface area is 120 Å². The van der Waals surface area contributed by atoms with Crippen LogP contribution in [-0.4, -0.2) is 39.2 Å². The van der Waals surface area contributed by atoms with Crippen LogP contribution >= 0.6 is 0 Å². The second-order valence-electron chi connectivity index (χ2n) is 4.58. The zero-order valence-electron chi connectivity index (χ0n) is 11.1. The highest BCUT2D eigenvalue weighted by Crippen LogP contribution is 2.26. The van der Waals surface area contributed by atoms with Crippen LogP contribution in [0.3, 0.4) is 0 Å². The molecule has 1 saturated heterocycles. The summed E-state index contributed by atoms with van der Waals surface area (Å²) in [5.74, 6) is -2.14. The van der Waals surface area contributed by atoms with Crippen LogP contribution in [0.25, 0.3) is 0 Å². The molecule has 1 aromatic rings. The normalized spacial score (nSPS) is 18.9. The van der Waals surface area contributed by atoms with Crippen molar-refractivity contribution in [1.82, 2.24) is 0 Å². The Hall–Kier alpha value is -2.00. The lowest BCUT2D eigenvalue weighted by Gasteiger charge is -2.17. The van der Waals surface area contributed by atoms with Crippen LogP contribution in [-0.2, 0) is 19.6 Å². The maximum absolute atomic E-state index is 13.5. The summed E-state index contributed by atoms with van der Waals surface area (Å²) in [5, 5.41) is 4.01. The Bertz CT molecular complexity index is 704. The Morgan fingerprint density at radius 3 is 2.67 bits per heavy atom. The summed E-state index contributed by atoms with van der Waals surface area (Å²) < 4.78 is 40.6. The topological polar surface area (TPSA) is 107 Å². The molecule has 1 unspecified atom stereocenters. The fraction of sp³-hybridized carbons (Fsp3) is 0.333. The summed E-state index contributed by atoms with van der Waals surface area (Å²) in [6.45, 7) is -0.135. The number of nitrogens with zero attached hydrogens (tertiary/aromatic N) is 1. The van der Waals surface area contributed by atoms with Crippen molar-refractivity contribution in [2.24, 2.45) is 5.14 Å². The van der Waals surface area contributed by atoms with Gasteiger partial charge in [0.2, 0.25) is 15.9 Å². The van der Waals surface area contributed by atoms with Gasteiger partial charge >= 0.3 is 5.97 Å². The van der Waals surface area contributed by atoms with E-state index in [1.54, 1.807) is 0 Å². The monoisotopic (exact) mass is 316 g/mol. The number of nitrogens with two attached hydrogens (primary N) is 1. The van der Waals surface area contributed by atoms with Gasteiger partial charge in [0, 0.05) is 18.7 Å². The first-order chi connectivity index (χ1) is 9.74. The number of esters is 1. The van der Waals surface area contributed by atoms with Crippen molar-refractivity contribution in [3.05, 3.63) is 29.6 Å². The molecule has 0 spiro atoms.